The summed E-state index contributed by atoms with van der Waals surface area (Å²) >= 11 is 0. The third-order valence-corrected chi connectivity index (χ3v) is 9.10. The van der Waals surface area contributed by atoms with Crippen molar-refractivity contribution in [3.63, 3.8) is 0 Å². The van der Waals surface area contributed by atoms with E-state index in [1.54, 1.807) is 8.61 Å². The zero-order valence-corrected chi connectivity index (χ0v) is 18.5. The Hall–Kier alpha value is -0.700. The Balaban J connectivity index is 1.46. The number of hydrogen-bond acceptors (Lipinski definition) is 4. The number of amides is 1. The largest absolute Gasteiger partial charge is 0.353 e. The molecule has 7 nitrogen and oxygen atoms in total. The lowest BCUT2D eigenvalue weighted by molar-refractivity contribution is -0.123. The Labute approximate surface area is 171 Å². The van der Waals surface area contributed by atoms with E-state index < -0.39 is 10.2 Å². The minimum absolute atomic E-state index is 0.0273. The second-order valence-corrected chi connectivity index (χ2v) is 10.9. The summed E-state index contributed by atoms with van der Waals surface area (Å²) in [6.07, 6.45) is 9.44. The van der Waals surface area contributed by atoms with Crippen molar-refractivity contribution in [2.45, 2.75) is 71.3 Å². The van der Waals surface area contributed by atoms with Crippen molar-refractivity contribution >= 4 is 16.1 Å². The first-order chi connectivity index (χ1) is 13.3. The molecule has 1 amide bonds. The van der Waals surface area contributed by atoms with E-state index in [-0.39, 0.29) is 11.9 Å². The number of nitrogens with one attached hydrogen (secondary N) is 1. The van der Waals surface area contributed by atoms with Crippen LogP contribution in [0.4, 0.5) is 0 Å². The molecule has 0 aromatic carbocycles. The Bertz CT molecular complexity index is 615. The molecule has 2 saturated heterocycles. The van der Waals surface area contributed by atoms with Gasteiger partial charge in [0.05, 0.1) is 6.54 Å². The van der Waals surface area contributed by atoms with Crippen LogP contribution in [0.25, 0.3) is 0 Å². The lowest BCUT2D eigenvalue weighted by Gasteiger charge is -2.45. The van der Waals surface area contributed by atoms with Gasteiger partial charge in [-0.05, 0) is 44.4 Å². The molecular formula is C20H38N4O3S. The van der Waals surface area contributed by atoms with Crippen molar-refractivity contribution in [2.75, 3.05) is 45.8 Å². The van der Waals surface area contributed by atoms with Crippen LogP contribution >= 0.6 is 0 Å². The summed E-state index contributed by atoms with van der Waals surface area (Å²) in [5.74, 6) is 0.0273. The van der Waals surface area contributed by atoms with E-state index in [0.29, 0.717) is 51.2 Å². The van der Waals surface area contributed by atoms with Gasteiger partial charge in [-0.15, -0.1) is 0 Å². The lowest BCUT2D eigenvalue weighted by atomic mass is 9.68. The molecule has 0 bridgehead atoms. The SMILES string of the molecule is CC[C@H](C)NC(=O)CN1CCN(S(=O)(=O)N2CCC3(CCCCC3)CC2)CC1. The topological polar surface area (TPSA) is 73.0 Å². The second-order valence-electron chi connectivity index (χ2n) is 9.02. The first-order valence-electron chi connectivity index (χ1n) is 11.1. The van der Waals surface area contributed by atoms with Crippen molar-refractivity contribution in [1.29, 1.82) is 0 Å². The number of piperazine rings is 1. The Kier molecular flexibility index (Phi) is 7.39. The van der Waals surface area contributed by atoms with E-state index in [0.717, 1.165) is 19.3 Å². The van der Waals surface area contributed by atoms with Gasteiger partial charge in [-0.2, -0.15) is 17.0 Å². The molecule has 2 heterocycles. The maximum absolute atomic E-state index is 13.1. The molecule has 2 aliphatic heterocycles. The standard InChI is InChI=1S/C20H38N4O3S/c1-3-18(2)21-19(25)17-22-13-15-24(16-14-22)28(26,27)23-11-9-20(10-12-23)7-5-4-6-8-20/h18H,3-17H2,1-2H3,(H,21,25)/t18-/m0/s1. The highest BCUT2D eigenvalue weighted by Crippen LogP contribution is 2.45. The van der Waals surface area contributed by atoms with Crippen LogP contribution in [-0.4, -0.2) is 79.7 Å². The summed E-state index contributed by atoms with van der Waals surface area (Å²) in [5, 5.41) is 2.98. The number of rotatable bonds is 6. The normalized spacial score (nSPS) is 26.2. The van der Waals surface area contributed by atoms with E-state index in [2.05, 4.69) is 10.2 Å². The fourth-order valence-corrected chi connectivity index (χ4v) is 6.50. The van der Waals surface area contributed by atoms with Crippen LogP contribution < -0.4 is 5.32 Å². The van der Waals surface area contributed by atoms with Crippen molar-refractivity contribution < 1.29 is 13.2 Å². The highest BCUT2D eigenvalue weighted by atomic mass is 32.2. The molecular weight excluding hydrogens is 376 g/mol. The zero-order valence-electron chi connectivity index (χ0n) is 17.7. The van der Waals surface area contributed by atoms with Gasteiger partial charge in [-0.1, -0.05) is 26.2 Å². The second kappa shape index (κ2) is 9.41. The number of piperidine rings is 1. The van der Waals surface area contributed by atoms with Gasteiger partial charge in [0.2, 0.25) is 5.91 Å². The molecule has 8 heteroatoms. The summed E-state index contributed by atoms with van der Waals surface area (Å²) in [7, 11) is -3.38. The minimum atomic E-state index is -3.38. The number of carbonyl (C=O) groups is 1. The average Bonchev–Trinajstić information content (AvgIpc) is 2.69. The van der Waals surface area contributed by atoms with Crippen LogP contribution in [0.15, 0.2) is 0 Å². The van der Waals surface area contributed by atoms with E-state index in [9.17, 15) is 13.2 Å². The molecule has 3 aliphatic rings. The van der Waals surface area contributed by atoms with Crippen LogP contribution in [0, 0.1) is 5.41 Å². The Morgan fingerprint density at radius 2 is 1.50 bits per heavy atom. The van der Waals surface area contributed by atoms with Gasteiger partial charge in [0.25, 0.3) is 10.2 Å². The van der Waals surface area contributed by atoms with Crippen LogP contribution in [0.5, 0.6) is 0 Å². The number of hydrogen-bond donors (Lipinski definition) is 1. The molecule has 1 saturated carbocycles. The van der Waals surface area contributed by atoms with E-state index in [4.69, 9.17) is 0 Å². The van der Waals surface area contributed by atoms with Crippen molar-refractivity contribution in [3.8, 4) is 0 Å². The number of carbonyl (C=O) groups excluding carboxylic acids is 1. The molecule has 1 spiro atoms. The molecule has 3 fully saturated rings. The molecule has 162 valence electrons. The predicted octanol–water partition coefficient (Wildman–Crippen LogP) is 1.81. The number of nitrogens with zero attached hydrogens (tertiary/aromatic N) is 3. The molecule has 0 radical (unpaired) electrons. The average molecular weight is 415 g/mol. The molecule has 0 unspecified atom stereocenters. The van der Waals surface area contributed by atoms with Crippen LogP contribution in [0.2, 0.25) is 0 Å². The summed E-state index contributed by atoms with van der Waals surface area (Å²) in [5.41, 5.74) is 0.409. The van der Waals surface area contributed by atoms with Crippen molar-refractivity contribution in [2.24, 2.45) is 5.41 Å². The Morgan fingerprint density at radius 1 is 0.929 bits per heavy atom. The monoisotopic (exact) mass is 414 g/mol. The fourth-order valence-electron chi connectivity index (χ4n) is 4.90. The highest BCUT2D eigenvalue weighted by molar-refractivity contribution is 7.86. The van der Waals surface area contributed by atoms with Crippen molar-refractivity contribution in [3.05, 3.63) is 0 Å². The maximum Gasteiger partial charge on any atom is 0.282 e. The minimum Gasteiger partial charge on any atom is -0.353 e. The van der Waals surface area contributed by atoms with Crippen LogP contribution in [0.1, 0.15) is 65.2 Å². The zero-order chi connectivity index (χ0) is 20.2. The van der Waals surface area contributed by atoms with Crippen LogP contribution in [-0.2, 0) is 15.0 Å². The van der Waals surface area contributed by atoms with Crippen molar-refractivity contribution in [1.82, 2.24) is 18.8 Å². The Morgan fingerprint density at radius 3 is 2.07 bits per heavy atom. The predicted molar refractivity (Wildman–Crippen MR) is 111 cm³/mol. The smallest absolute Gasteiger partial charge is 0.282 e. The quantitative estimate of drug-likeness (QED) is 0.719. The molecule has 0 aromatic rings. The maximum atomic E-state index is 13.1. The van der Waals surface area contributed by atoms with Gasteiger partial charge in [0, 0.05) is 45.3 Å². The third kappa shape index (κ3) is 5.26. The molecule has 0 aromatic heterocycles. The van der Waals surface area contributed by atoms with Crippen LogP contribution in [0.3, 0.4) is 0 Å². The third-order valence-electron chi connectivity index (χ3n) is 7.07. The molecule has 1 N–H and O–H groups in total. The first kappa shape index (κ1) is 22.0. The summed E-state index contributed by atoms with van der Waals surface area (Å²) in [6, 6.07) is 0.181. The molecule has 28 heavy (non-hydrogen) atoms. The molecule has 1 atom stereocenters. The van der Waals surface area contributed by atoms with Gasteiger partial charge in [-0.3, -0.25) is 9.69 Å². The van der Waals surface area contributed by atoms with E-state index in [1.165, 1.54) is 32.1 Å². The first-order valence-corrected chi connectivity index (χ1v) is 12.5. The molecule has 1 aliphatic carbocycles. The van der Waals surface area contributed by atoms with E-state index in [1.807, 2.05) is 13.8 Å². The molecule has 3 rings (SSSR count). The summed E-state index contributed by atoms with van der Waals surface area (Å²) in [6.45, 7) is 7.91. The van der Waals surface area contributed by atoms with Gasteiger partial charge in [0.1, 0.15) is 0 Å². The fraction of sp³-hybridized carbons (Fsp3) is 0.950. The summed E-state index contributed by atoms with van der Waals surface area (Å²) < 4.78 is 29.5. The lowest BCUT2D eigenvalue weighted by Crippen LogP contribution is -2.56. The highest BCUT2D eigenvalue weighted by Gasteiger charge is 2.40. The van der Waals surface area contributed by atoms with Gasteiger partial charge < -0.3 is 5.32 Å². The van der Waals surface area contributed by atoms with Gasteiger partial charge in [-0.25, -0.2) is 0 Å². The van der Waals surface area contributed by atoms with E-state index >= 15 is 0 Å². The van der Waals surface area contributed by atoms with Gasteiger partial charge >= 0.3 is 0 Å². The summed E-state index contributed by atoms with van der Waals surface area (Å²) in [4.78, 5) is 14.1. The van der Waals surface area contributed by atoms with Gasteiger partial charge in [0.15, 0.2) is 0 Å².